The van der Waals surface area contributed by atoms with Crippen molar-refractivity contribution < 1.29 is 14.1 Å². The van der Waals surface area contributed by atoms with E-state index in [1.807, 2.05) is 18.8 Å². The van der Waals surface area contributed by atoms with Gasteiger partial charge in [-0.2, -0.15) is 0 Å². The van der Waals surface area contributed by atoms with Gasteiger partial charge in [-0.3, -0.25) is 4.67 Å². The van der Waals surface area contributed by atoms with Gasteiger partial charge in [-0.1, -0.05) is 29.8 Å². The molecule has 0 aliphatic heterocycles. The molecule has 1 atom stereocenters. The molecule has 0 bridgehead atoms. The van der Waals surface area contributed by atoms with Crippen molar-refractivity contribution in [3.63, 3.8) is 0 Å². The molecule has 0 aromatic heterocycles. The summed E-state index contributed by atoms with van der Waals surface area (Å²) in [6.07, 6.45) is 0. The Kier molecular flexibility index (Phi) is 7.98. The monoisotopic (exact) mass is 311 g/mol. The fourth-order valence-corrected chi connectivity index (χ4v) is 3.11. The van der Waals surface area contributed by atoms with E-state index in [9.17, 15) is 4.79 Å². The molecule has 0 aromatic rings. The maximum Gasteiger partial charge on any atom is 0.374 e. The van der Waals surface area contributed by atoms with Crippen molar-refractivity contribution in [2.45, 2.75) is 26.4 Å². The summed E-state index contributed by atoms with van der Waals surface area (Å²) in [6, 6.07) is 0. The smallest absolute Gasteiger partial charge is 0.374 e. The third-order valence-corrected chi connectivity index (χ3v) is 4.08. The second-order valence-corrected chi connectivity index (χ2v) is 6.61. The maximum atomic E-state index is 11.5. The Labute approximate surface area is 107 Å². The van der Waals surface area contributed by atoms with Crippen LogP contribution in [-0.2, 0) is 14.1 Å². The lowest BCUT2D eigenvalue weighted by Gasteiger charge is -2.27. The van der Waals surface area contributed by atoms with Crippen molar-refractivity contribution in [3.05, 3.63) is 10.7 Å². The molecule has 0 aromatic carbocycles. The molecule has 0 saturated heterocycles. The number of hydrogen-bond acceptors (Lipinski definition) is 4. The zero-order valence-electron chi connectivity index (χ0n) is 10.4. The number of hydrogen-bond donors (Lipinski definition) is 0. The van der Waals surface area contributed by atoms with E-state index in [0.29, 0.717) is 12.3 Å². The van der Waals surface area contributed by atoms with Crippen LogP contribution in [0.5, 0.6) is 0 Å². The molecule has 0 radical (unpaired) electrons. The molecule has 4 nitrogen and oxygen atoms in total. The summed E-state index contributed by atoms with van der Waals surface area (Å²) < 4.78 is 12.5. The molecule has 0 N–H and O–H groups in total. The summed E-state index contributed by atoms with van der Waals surface area (Å²) in [5.41, 5.74) is 0.335. The Balaban J connectivity index is 4.58. The molecule has 0 fully saturated rings. The highest BCUT2D eigenvalue weighted by molar-refractivity contribution is 9.11. The molecular formula is C10H19BrNO3P. The van der Waals surface area contributed by atoms with Crippen molar-refractivity contribution in [2.24, 2.45) is 0 Å². The van der Waals surface area contributed by atoms with E-state index in [1.165, 1.54) is 4.99 Å². The maximum absolute atomic E-state index is 11.5. The van der Waals surface area contributed by atoms with Crippen LogP contribution < -0.4 is 0 Å². The van der Waals surface area contributed by atoms with Crippen LogP contribution in [0.25, 0.3) is 0 Å². The molecule has 0 amide bonds. The van der Waals surface area contributed by atoms with Crippen LogP contribution in [0, 0.1) is 0 Å². The van der Waals surface area contributed by atoms with Crippen LogP contribution in [0.15, 0.2) is 10.7 Å². The third-order valence-electron chi connectivity index (χ3n) is 1.60. The van der Waals surface area contributed by atoms with Crippen LogP contribution >= 0.6 is 24.2 Å². The van der Waals surface area contributed by atoms with Gasteiger partial charge < -0.3 is 9.26 Å². The number of carbonyl (C=O) groups excluding carboxylic acids is 1. The van der Waals surface area contributed by atoms with Gasteiger partial charge in [-0.25, -0.2) is 4.79 Å². The van der Waals surface area contributed by atoms with Gasteiger partial charge in [0.25, 0.3) is 0 Å². The average molecular weight is 312 g/mol. The first-order chi connectivity index (χ1) is 7.43. The minimum Gasteiger partial charge on any atom is -0.460 e. The summed E-state index contributed by atoms with van der Waals surface area (Å²) in [4.78, 5) is 13.0. The zero-order chi connectivity index (χ0) is 12.7. The first kappa shape index (κ1) is 15.9. The lowest BCUT2D eigenvalue weighted by Crippen LogP contribution is -2.16. The highest BCUT2D eigenvalue weighted by Gasteiger charge is 2.23. The molecule has 6 heteroatoms. The van der Waals surface area contributed by atoms with Gasteiger partial charge in [0, 0.05) is 10.6 Å². The molecule has 0 heterocycles. The van der Waals surface area contributed by atoms with Crippen molar-refractivity contribution in [3.8, 4) is 0 Å². The highest BCUT2D eigenvalue weighted by atomic mass is 79.9. The quantitative estimate of drug-likeness (QED) is 0.327. The Morgan fingerprint density at radius 2 is 2.06 bits per heavy atom. The second kappa shape index (κ2) is 8.04. The molecule has 16 heavy (non-hydrogen) atoms. The predicted molar refractivity (Wildman–Crippen MR) is 70.5 cm³/mol. The Morgan fingerprint density at radius 3 is 2.38 bits per heavy atom. The molecule has 0 rings (SSSR count). The van der Waals surface area contributed by atoms with Crippen molar-refractivity contribution in [1.29, 1.82) is 0 Å². The lowest BCUT2D eigenvalue weighted by atomic mass is 10.6. The number of halogens is 1. The summed E-state index contributed by atoms with van der Waals surface area (Å²) in [7, 11) is 3.03. The Hall–Kier alpha value is -0.120. The van der Waals surface area contributed by atoms with Crippen molar-refractivity contribution >= 4 is 30.2 Å². The Morgan fingerprint density at radius 1 is 1.50 bits per heavy atom. The molecule has 1 unspecified atom stereocenters. The van der Waals surface area contributed by atoms with Crippen LogP contribution in [0.1, 0.15) is 20.8 Å². The van der Waals surface area contributed by atoms with Crippen molar-refractivity contribution in [2.75, 3.05) is 20.7 Å². The second-order valence-electron chi connectivity index (χ2n) is 3.53. The van der Waals surface area contributed by atoms with Gasteiger partial charge in [-0.05, 0) is 21.0 Å². The van der Waals surface area contributed by atoms with Gasteiger partial charge in [-0.15, -0.1) is 0 Å². The predicted octanol–water partition coefficient (Wildman–Crippen LogP) is 3.08. The summed E-state index contributed by atoms with van der Waals surface area (Å²) in [6.45, 7) is 6.22. The van der Waals surface area contributed by atoms with E-state index in [2.05, 4.69) is 29.8 Å². The van der Waals surface area contributed by atoms with E-state index in [4.69, 9.17) is 9.26 Å². The third kappa shape index (κ3) is 5.28. The lowest BCUT2D eigenvalue weighted by molar-refractivity contribution is -0.140. The number of carbonyl (C=O) groups is 1. The average Bonchev–Trinajstić information content (AvgIpc) is 2.18. The first-order valence-electron chi connectivity index (χ1n) is 5.05. The summed E-state index contributed by atoms with van der Waals surface area (Å²) in [5, 5.41) is 0. The number of rotatable bonds is 6. The number of nitrogens with zero attached hydrogens (tertiary/aromatic N) is 1. The van der Waals surface area contributed by atoms with Crippen LogP contribution in [0.2, 0.25) is 0 Å². The SMILES string of the molecule is CCOC(=O)/C(=C\Br)OP(C(C)C)N(C)C. The largest absolute Gasteiger partial charge is 0.460 e. The standard InChI is InChI=1S/C10H19BrNO3P/c1-6-14-10(13)9(7-11)15-16(8(2)3)12(4)5/h7-8H,6H2,1-5H3/b9-7+. The van der Waals surface area contributed by atoms with E-state index < -0.39 is 14.3 Å². The van der Waals surface area contributed by atoms with Crippen LogP contribution in [-0.4, -0.2) is 37.0 Å². The van der Waals surface area contributed by atoms with Gasteiger partial charge >= 0.3 is 5.97 Å². The normalized spacial score (nSPS) is 14.1. The molecule has 0 spiro atoms. The Bertz CT molecular complexity index is 248. The van der Waals surface area contributed by atoms with E-state index in [0.717, 1.165) is 0 Å². The number of esters is 1. The fourth-order valence-electron chi connectivity index (χ4n) is 1.05. The number of ether oxygens (including phenoxy) is 1. The van der Waals surface area contributed by atoms with Crippen LogP contribution in [0.3, 0.4) is 0 Å². The van der Waals surface area contributed by atoms with E-state index in [-0.39, 0.29) is 5.76 Å². The van der Waals surface area contributed by atoms with Gasteiger partial charge in [0.1, 0.15) is 0 Å². The zero-order valence-corrected chi connectivity index (χ0v) is 12.8. The molecule has 0 saturated carbocycles. The van der Waals surface area contributed by atoms with E-state index in [1.54, 1.807) is 6.92 Å². The van der Waals surface area contributed by atoms with E-state index >= 15 is 0 Å². The van der Waals surface area contributed by atoms with Gasteiger partial charge in [0.15, 0.2) is 8.30 Å². The molecule has 0 aliphatic carbocycles. The minimum atomic E-state index is -0.833. The van der Waals surface area contributed by atoms with Gasteiger partial charge in [0.05, 0.1) is 6.61 Å². The fraction of sp³-hybridized carbons (Fsp3) is 0.700. The minimum absolute atomic E-state index is 0.218. The summed E-state index contributed by atoms with van der Waals surface area (Å²) in [5.74, 6) is -0.218. The summed E-state index contributed by atoms with van der Waals surface area (Å²) >= 11 is 3.12. The van der Waals surface area contributed by atoms with Crippen molar-refractivity contribution in [1.82, 2.24) is 4.67 Å². The first-order valence-corrected chi connectivity index (χ1v) is 7.25. The highest BCUT2D eigenvalue weighted by Crippen LogP contribution is 2.46. The van der Waals surface area contributed by atoms with Gasteiger partial charge in [0.2, 0.25) is 5.76 Å². The molecular weight excluding hydrogens is 293 g/mol. The molecule has 94 valence electrons. The van der Waals surface area contributed by atoms with Crippen LogP contribution in [0.4, 0.5) is 0 Å². The molecule has 0 aliphatic rings. The topological polar surface area (TPSA) is 38.8 Å².